The van der Waals surface area contributed by atoms with Gasteiger partial charge in [0.25, 0.3) is 0 Å². The van der Waals surface area contributed by atoms with Crippen LogP contribution < -0.4 is 0 Å². The Morgan fingerprint density at radius 3 is 1.53 bits per heavy atom. The van der Waals surface area contributed by atoms with Gasteiger partial charge in [-0.1, -0.05) is 76.9 Å². The van der Waals surface area contributed by atoms with E-state index in [1.807, 2.05) is 0 Å². The molecule has 0 saturated carbocycles. The zero-order chi connectivity index (χ0) is 13.3. The molecule has 0 aromatic rings. The summed E-state index contributed by atoms with van der Waals surface area (Å²) < 4.78 is 0. The molecule has 0 rings (SSSR count). The van der Waals surface area contributed by atoms with Crippen LogP contribution in [0.1, 0.15) is 96.8 Å². The second-order valence-corrected chi connectivity index (χ2v) is 5.44. The van der Waals surface area contributed by atoms with E-state index in [-0.39, 0.29) is 19.5 Å². The first-order valence-corrected chi connectivity index (χ1v) is 8.36. The molecule has 0 aliphatic carbocycles. The normalized spacial score (nSPS) is 10.8. The third-order valence-corrected chi connectivity index (χ3v) is 3.51. The van der Waals surface area contributed by atoms with Crippen molar-refractivity contribution in [3.63, 3.8) is 0 Å². The van der Waals surface area contributed by atoms with E-state index in [0.717, 1.165) is 6.42 Å². The molecule has 0 bridgehead atoms. The smallest absolute Gasteiger partial charge is 0 e. The fraction of sp³-hybridized carbons (Fsp3) is 0.833. The first-order chi connectivity index (χ1) is 8.91. The molecule has 0 fully saturated rings. The van der Waals surface area contributed by atoms with Crippen LogP contribution in [-0.4, -0.2) is 0 Å². The summed E-state index contributed by atoms with van der Waals surface area (Å²) in [5.74, 6) is 0. The molecule has 0 spiro atoms. The van der Waals surface area contributed by atoms with E-state index in [9.17, 15) is 0 Å². The van der Waals surface area contributed by atoms with E-state index >= 15 is 0 Å². The molecule has 0 N–H and O–H groups in total. The third-order valence-electron chi connectivity index (χ3n) is 3.51. The predicted molar refractivity (Wildman–Crippen MR) is 84.8 cm³/mol. The average molecular weight is 317 g/mol. The van der Waals surface area contributed by atoms with Gasteiger partial charge in [-0.2, -0.15) is 6.42 Å². The van der Waals surface area contributed by atoms with Crippen molar-refractivity contribution in [2.24, 2.45) is 0 Å². The molecule has 0 unspecified atom stereocenters. The number of rotatable bonds is 14. The van der Waals surface area contributed by atoms with Gasteiger partial charge in [-0.15, -0.1) is 0 Å². The van der Waals surface area contributed by atoms with Crippen LogP contribution in [0.25, 0.3) is 0 Å². The molecule has 0 saturated heterocycles. The van der Waals surface area contributed by atoms with Crippen LogP contribution in [-0.2, 0) is 19.5 Å². The fourth-order valence-corrected chi connectivity index (χ4v) is 2.25. The molecule has 0 heterocycles. The van der Waals surface area contributed by atoms with E-state index in [0.29, 0.717) is 0 Å². The van der Waals surface area contributed by atoms with E-state index in [4.69, 9.17) is 0 Å². The van der Waals surface area contributed by atoms with Crippen molar-refractivity contribution in [2.75, 3.05) is 0 Å². The van der Waals surface area contributed by atoms with Gasteiger partial charge in [-0.05, 0) is 25.7 Å². The van der Waals surface area contributed by atoms with Crippen molar-refractivity contribution < 1.29 is 19.5 Å². The molecular formula is C18H35Zn-. The molecule has 19 heavy (non-hydrogen) atoms. The summed E-state index contributed by atoms with van der Waals surface area (Å²) in [5, 5.41) is 0. The van der Waals surface area contributed by atoms with E-state index in [1.54, 1.807) is 0 Å². The maximum absolute atomic E-state index is 3.87. The Labute approximate surface area is 135 Å². The van der Waals surface area contributed by atoms with Crippen LogP contribution in [0.5, 0.6) is 0 Å². The monoisotopic (exact) mass is 315 g/mol. The van der Waals surface area contributed by atoms with Crippen molar-refractivity contribution in [1.29, 1.82) is 0 Å². The molecule has 1 heteroatoms. The van der Waals surface area contributed by atoms with Gasteiger partial charge in [0.2, 0.25) is 0 Å². The maximum Gasteiger partial charge on any atom is 0 e. The second-order valence-electron chi connectivity index (χ2n) is 5.44. The van der Waals surface area contributed by atoms with Gasteiger partial charge in [-0.3, -0.25) is 0 Å². The SMILES string of the molecule is [CH2-]CCCCCCC/C=C\CCCCCCCC.[Zn]. The number of allylic oxidation sites excluding steroid dienone is 2. The summed E-state index contributed by atoms with van der Waals surface area (Å²) in [4.78, 5) is 0. The van der Waals surface area contributed by atoms with Gasteiger partial charge < -0.3 is 6.92 Å². The molecule has 0 amide bonds. The zero-order valence-corrected chi connectivity index (χ0v) is 16.4. The minimum absolute atomic E-state index is 0. The van der Waals surface area contributed by atoms with Crippen LogP contribution in [0, 0.1) is 6.92 Å². The molecule has 0 aromatic heterocycles. The summed E-state index contributed by atoms with van der Waals surface area (Å²) in [7, 11) is 0. The van der Waals surface area contributed by atoms with Gasteiger partial charge in [-0.25, -0.2) is 0 Å². The predicted octanol–water partition coefficient (Wildman–Crippen LogP) is 6.86. The van der Waals surface area contributed by atoms with Gasteiger partial charge in [0.1, 0.15) is 0 Å². The molecule has 0 atom stereocenters. The maximum atomic E-state index is 3.87. The van der Waals surface area contributed by atoms with Gasteiger partial charge >= 0.3 is 0 Å². The Balaban J connectivity index is 0. The van der Waals surface area contributed by atoms with Crippen LogP contribution in [0.3, 0.4) is 0 Å². The van der Waals surface area contributed by atoms with E-state index in [2.05, 4.69) is 26.0 Å². The second kappa shape index (κ2) is 20.7. The summed E-state index contributed by atoms with van der Waals surface area (Å²) in [5.41, 5.74) is 0. The molecule has 0 aliphatic rings. The Morgan fingerprint density at radius 1 is 0.632 bits per heavy atom. The fourth-order valence-electron chi connectivity index (χ4n) is 2.25. The first-order valence-electron chi connectivity index (χ1n) is 8.36. The van der Waals surface area contributed by atoms with Gasteiger partial charge in [0.05, 0.1) is 0 Å². The minimum Gasteiger partial charge on any atom is -0.343 e. The zero-order valence-electron chi connectivity index (χ0n) is 13.5. The number of unbranched alkanes of at least 4 members (excludes halogenated alkanes) is 12. The van der Waals surface area contributed by atoms with Crippen LogP contribution >= 0.6 is 0 Å². The van der Waals surface area contributed by atoms with E-state index in [1.165, 1.54) is 83.5 Å². The minimum atomic E-state index is 0. The molecule has 110 valence electrons. The van der Waals surface area contributed by atoms with Gasteiger partial charge in [0.15, 0.2) is 0 Å². The quantitative estimate of drug-likeness (QED) is 0.142. The first kappa shape index (κ1) is 21.7. The molecule has 0 aromatic carbocycles. The average Bonchev–Trinajstić information content (AvgIpc) is 2.39. The summed E-state index contributed by atoms with van der Waals surface area (Å²) >= 11 is 0. The Kier molecular flexibility index (Phi) is 23.6. The molecule has 0 aliphatic heterocycles. The van der Waals surface area contributed by atoms with Crippen molar-refractivity contribution in [1.82, 2.24) is 0 Å². The standard InChI is InChI=1S/C18H35.Zn/c1-3-5-7-9-11-13-15-17-18-16-14-12-10-8-6-4-2;/h17-18H,1,3-16H2,2H3;/q-1;/b18-17-;. The van der Waals surface area contributed by atoms with Gasteiger partial charge in [0, 0.05) is 19.5 Å². The largest absolute Gasteiger partial charge is 0.343 e. The summed E-state index contributed by atoms with van der Waals surface area (Å²) in [6, 6.07) is 0. The summed E-state index contributed by atoms with van der Waals surface area (Å²) in [6.07, 6.45) is 23.8. The Morgan fingerprint density at radius 2 is 1.05 bits per heavy atom. The van der Waals surface area contributed by atoms with Crippen molar-refractivity contribution in [3.05, 3.63) is 19.1 Å². The molecule has 0 nitrogen and oxygen atoms in total. The van der Waals surface area contributed by atoms with Crippen LogP contribution in [0.15, 0.2) is 12.2 Å². The molecule has 0 radical (unpaired) electrons. The number of hydrogen-bond donors (Lipinski definition) is 0. The van der Waals surface area contributed by atoms with Crippen LogP contribution in [0.2, 0.25) is 0 Å². The van der Waals surface area contributed by atoms with Crippen molar-refractivity contribution >= 4 is 0 Å². The van der Waals surface area contributed by atoms with Crippen molar-refractivity contribution in [2.45, 2.75) is 96.8 Å². The summed E-state index contributed by atoms with van der Waals surface area (Å²) in [6.45, 7) is 6.15. The Hall–Kier alpha value is 0.363. The molecular weight excluding hydrogens is 282 g/mol. The topological polar surface area (TPSA) is 0 Å². The van der Waals surface area contributed by atoms with Crippen molar-refractivity contribution in [3.8, 4) is 0 Å². The third kappa shape index (κ3) is 20.8. The number of hydrogen-bond acceptors (Lipinski definition) is 0. The Bertz CT molecular complexity index is 145. The van der Waals surface area contributed by atoms with Crippen LogP contribution in [0.4, 0.5) is 0 Å². The van der Waals surface area contributed by atoms with E-state index < -0.39 is 0 Å².